The number of ketones is 1. The summed E-state index contributed by atoms with van der Waals surface area (Å²) < 4.78 is 12.6. The van der Waals surface area contributed by atoms with Gasteiger partial charge in [0.1, 0.15) is 5.82 Å². The number of aliphatic carboxylic acids is 1. The molecule has 0 heterocycles. The van der Waals surface area contributed by atoms with E-state index in [2.05, 4.69) is 0 Å². The van der Waals surface area contributed by atoms with Gasteiger partial charge in [0.25, 0.3) is 0 Å². The molecule has 1 aromatic carbocycles. The summed E-state index contributed by atoms with van der Waals surface area (Å²) in [5.74, 6) is -2.28. The smallest absolute Gasteiger partial charge is 0.328 e. The standard InChI is InChI=1S/C10H7FO3/c11-8-3-1-2-7(6-8)9(12)4-5-10(13)14/h1-6H,(H,13,14). The van der Waals surface area contributed by atoms with Gasteiger partial charge < -0.3 is 5.11 Å². The molecule has 0 saturated carbocycles. The van der Waals surface area contributed by atoms with Crippen LogP contribution in [-0.4, -0.2) is 16.9 Å². The lowest BCUT2D eigenvalue weighted by Gasteiger charge is -1.94. The van der Waals surface area contributed by atoms with Gasteiger partial charge in [-0.25, -0.2) is 9.18 Å². The van der Waals surface area contributed by atoms with Crippen LogP contribution >= 0.6 is 0 Å². The van der Waals surface area contributed by atoms with Crippen LogP contribution in [0.25, 0.3) is 0 Å². The van der Waals surface area contributed by atoms with Gasteiger partial charge in [0.15, 0.2) is 5.78 Å². The van der Waals surface area contributed by atoms with E-state index in [1.54, 1.807) is 0 Å². The van der Waals surface area contributed by atoms with Gasteiger partial charge >= 0.3 is 5.97 Å². The summed E-state index contributed by atoms with van der Waals surface area (Å²) in [5.41, 5.74) is 0.127. The largest absolute Gasteiger partial charge is 0.478 e. The molecule has 0 bridgehead atoms. The molecule has 14 heavy (non-hydrogen) atoms. The van der Waals surface area contributed by atoms with E-state index in [0.717, 1.165) is 12.1 Å². The number of rotatable bonds is 3. The molecule has 1 N–H and O–H groups in total. The molecule has 1 rings (SSSR count). The average Bonchev–Trinajstić information content (AvgIpc) is 2.14. The molecule has 4 heteroatoms. The Morgan fingerprint density at radius 2 is 2.00 bits per heavy atom. The van der Waals surface area contributed by atoms with Gasteiger partial charge in [0.05, 0.1) is 0 Å². The van der Waals surface area contributed by atoms with Crippen molar-refractivity contribution in [3.05, 3.63) is 47.8 Å². The molecule has 0 aliphatic carbocycles. The molecule has 0 fully saturated rings. The molecule has 0 atom stereocenters. The number of benzene rings is 1. The minimum atomic E-state index is -1.21. The minimum absolute atomic E-state index is 0.127. The Balaban J connectivity index is 2.85. The summed E-state index contributed by atoms with van der Waals surface area (Å²) in [6.45, 7) is 0. The first-order chi connectivity index (χ1) is 6.59. The summed E-state index contributed by atoms with van der Waals surface area (Å²) in [5, 5.41) is 8.25. The van der Waals surface area contributed by atoms with Crippen LogP contribution in [0, 0.1) is 5.82 Å². The zero-order valence-electron chi connectivity index (χ0n) is 7.11. The van der Waals surface area contributed by atoms with Crippen LogP contribution in [0.5, 0.6) is 0 Å². The predicted molar refractivity (Wildman–Crippen MR) is 47.5 cm³/mol. The molecule has 0 unspecified atom stereocenters. The van der Waals surface area contributed by atoms with E-state index in [4.69, 9.17) is 5.11 Å². The minimum Gasteiger partial charge on any atom is -0.478 e. The van der Waals surface area contributed by atoms with Crippen molar-refractivity contribution in [2.24, 2.45) is 0 Å². The van der Waals surface area contributed by atoms with Crippen LogP contribution < -0.4 is 0 Å². The van der Waals surface area contributed by atoms with Gasteiger partial charge in [-0.2, -0.15) is 0 Å². The molecule has 0 aliphatic heterocycles. The van der Waals surface area contributed by atoms with Gasteiger partial charge in [-0.05, 0) is 18.2 Å². The van der Waals surface area contributed by atoms with Crippen molar-refractivity contribution in [3.63, 3.8) is 0 Å². The fourth-order valence-corrected chi connectivity index (χ4v) is 0.885. The summed E-state index contributed by atoms with van der Waals surface area (Å²) in [6.07, 6.45) is 1.60. The Labute approximate surface area is 79.5 Å². The molecule has 1 aromatic rings. The first-order valence-corrected chi connectivity index (χ1v) is 3.80. The Bertz CT molecular complexity index is 396. The van der Waals surface area contributed by atoms with Gasteiger partial charge in [-0.15, -0.1) is 0 Å². The molecule has 0 saturated heterocycles. The number of carbonyl (C=O) groups is 2. The summed E-state index contributed by atoms with van der Waals surface area (Å²) in [7, 11) is 0. The fourth-order valence-electron chi connectivity index (χ4n) is 0.885. The van der Waals surface area contributed by atoms with Crippen LogP contribution in [0.1, 0.15) is 10.4 Å². The molecule has 0 aliphatic rings. The quantitative estimate of drug-likeness (QED) is 0.588. The highest BCUT2D eigenvalue weighted by Gasteiger charge is 2.02. The monoisotopic (exact) mass is 194 g/mol. The van der Waals surface area contributed by atoms with Crippen LogP contribution in [0.4, 0.5) is 4.39 Å². The van der Waals surface area contributed by atoms with Crippen LogP contribution in [0.3, 0.4) is 0 Å². The van der Waals surface area contributed by atoms with Gasteiger partial charge in [-0.1, -0.05) is 12.1 Å². The third kappa shape index (κ3) is 2.82. The van der Waals surface area contributed by atoms with Crippen LogP contribution in [0.15, 0.2) is 36.4 Å². The van der Waals surface area contributed by atoms with Crippen LogP contribution in [0.2, 0.25) is 0 Å². The highest BCUT2D eigenvalue weighted by molar-refractivity contribution is 6.06. The van der Waals surface area contributed by atoms with Crippen molar-refractivity contribution in [1.82, 2.24) is 0 Å². The molecule has 0 aromatic heterocycles. The number of halogens is 1. The molecule has 72 valence electrons. The van der Waals surface area contributed by atoms with Crippen molar-refractivity contribution >= 4 is 11.8 Å². The highest BCUT2D eigenvalue weighted by Crippen LogP contribution is 2.04. The first kappa shape index (κ1) is 10.1. The third-order valence-electron chi connectivity index (χ3n) is 1.49. The Morgan fingerprint density at radius 3 is 2.57 bits per heavy atom. The Kier molecular flexibility index (Phi) is 3.12. The summed E-state index contributed by atoms with van der Waals surface area (Å²) >= 11 is 0. The SMILES string of the molecule is O=C(O)C=CC(=O)c1cccc(F)c1. The van der Waals surface area contributed by atoms with Gasteiger partial charge in [0.2, 0.25) is 0 Å². The topological polar surface area (TPSA) is 54.4 Å². The first-order valence-electron chi connectivity index (χ1n) is 3.80. The maximum atomic E-state index is 12.6. The number of hydrogen-bond acceptors (Lipinski definition) is 2. The molecule has 3 nitrogen and oxygen atoms in total. The van der Waals surface area contributed by atoms with Crippen molar-refractivity contribution in [3.8, 4) is 0 Å². The van der Waals surface area contributed by atoms with E-state index in [0.29, 0.717) is 6.08 Å². The average molecular weight is 194 g/mol. The van der Waals surface area contributed by atoms with Gasteiger partial charge in [0, 0.05) is 11.6 Å². The highest BCUT2D eigenvalue weighted by atomic mass is 19.1. The van der Waals surface area contributed by atoms with E-state index in [1.165, 1.54) is 18.2 Å². The second-order valence-electron chi connectivity index (χ2n) is 2.55. The second kappa shape index (κ2) is 4.32. The second-order valence-corrected chi connectivity index (χ2v) is 2.55. The molecule has 0 radical (unpaired) electrons. The van der Waals surface area contributed by atoms with Crippen LogP contribution in [-0.2, 0) is 4.79 Å². The fraction of sp³-hybridized carbons (Fsp3) is 0. The summed E-state index contributed by atoms with van der Waals surface area (Å²) in [6, 6.07) is 5.06. The number of carbonyl (C=O) groups excluding carboxylic acids is 1. The maximum Gasteiger partial charge on any atom is 0.328 e. The molecular formula is C10H7FO3. The lowest BCUT2D eigenvalue weighted by Crippen LogP contribution is -1.96. The molecule has 0 amide bonds. The third-order valence-corrected chi connectivity index (χ3v) is 1.49. The van der Waals surface area contributed by atoms with E-state index in [9.17, 15) is 14.0 Å². The van der Waals surface area contributed by atoms with Crippen molar-refractivity contribution in [2.75, 3.05) is 0 Å². The number of carboxylic acid groups (broad SMARTS) is 1. The zero-order chi connectivity index (χ0) is 10.6. The van der Waals surface area contributed by atoms with Gasteiger partial charge in [-0.3, -0.25) is 4.79 Å². The predicted octanol–water partition coefficient (Wildman–Crippen LogP) is 1.65. The number of allylic oxidation sites excluding steroid dienone is 1. The van der Waals surface area contributed by atoms with Crippen molar-refractivity contribution in [2.45, 2.75) is 0 Å². The number of carboxylic acids is 1. The van der Waals surface area contributed by atoms with Crippen molar-refractivity contribution in [1.29, 1.82) is 0 Å². The molecular weight excluding hydrogens is 187 g/mol. The van der Waals surface area contributed by atoms with E-state index in [1.807, 2.05) is 0 Å². The Hall–Kier alpha value is -1.97. The number of hydrogen-bond donors (Lipinski definition) is 1. The maximum absolute atomic E-state index is 12.6. The summed E-state index contributed by atoms with van der Waals surface area (Å²) in [4.78, 5) is 21.3. The Morgan fingerprint density at radius 1 is 1.29 bits per heavy atom. The van der Waals surface area contributed by atoms with Crippen molar-refractivity contribution < 1.29 is 19.1 Å². The normalized spacial score (nSPS) is 10.4. The van der Waals surface area contributed by atoms with E-state index >= 15 is 0 Å². The zero-order valence-corrected chi connectivity index (χ0v) is 7.11. The lowest BCUT2D eigenvalue weighted by atomic mass is 10.1. The lowest BCUT2D eigenvalue weighted by molar-refractivity contribution is -0.131. The van der Waals surface area contributed by atoms with E-state index < -0.39 is 17.6 Å². The van der Waals surface area contributed by atoms with E-state index in [-0.39, 0.29) is 5.56 Å². The molecule has 0 spiro atoms.